The Balaban J connectivity index is 1.37. The normalized spacial score (nSPS) is 11.5. The molecular formula is C24H18ClN3O2S. The summed E-state index contributed by atoms with van der Waals surface area (Å²) in [6.45, 7) is 1.99. The van der Waals surface area contributed by atoms with E-state index in [-0.39, 0.29) is 11.5 Å². The summed E-state index contributed by atoms with van der Waals surface area (Å²) in [7, 11) is 1.88. The van der Waals surface area contributed by atoms with Crippen LogP contribution in [0.5, 0.6) is 0 Å². The smallest absolute Gasteiger partial charge is 0.191 e. The number of carbonyl (C=O) groups excluding carboxylic acids is 1. The van der Waals surface area contributed by atoms with Gasteiger partial charge in [-0.1, -0.05) is 47.6 Å². The van der Waals surface area contributed by atoms with Crippen molar-refractivity contribution in [3.05, 3.63) is 76.8 Å². The van der Waals surface area contributed by atoms with Crippen LogP contribution < -0.4 is 0 Å². The van der Waals surface area contributed by atoms with Gasteiger partial charge in [0.15, 0.2) is 16.8 Å². The largest absolute Gasteiger partial charge is 0.456 e. The molecule has 0 amide bonds. The Bertz CT molecular complexity index is 1450. The molecule has 2 aromatic heterocycles. The van der Waals surface area contributed by atoms with E-state index in [4.69, 9.17) is 16.0 Å². The molecule has 0 bridgehead atoms. The van der Waals surface area contributed by atoms with Crippen LogP contribution in [-0.2, 0) is 7.05 Å². The minimum absolute atomic E-state index is 0.0232. The third-order valence-corrected chi connectivity index (χ3v) is 6.56. The fourth-order valence-electron chi connectivity index (χ4n) is 3.59. The first-order valence-corrected chi connectivity index (χ1v) is 11.1. The first kappa shape index (κ1) is 19.8. The SMILES string of the molecule is Cc1ccc(-c2nnc(SCC(=O)c3ccc4oc5ccccc5c4c3)n2C)c(Cl)c1. The Labute approximate surface area is 188 Å². The summed E-state index contributed by atoms with van der Waals surface area (Å²) in [6.07, 6.45) is 0. The fourth-order valence-corrected chi connectivity index (χ4v) is 4.71. The summed E-state index contributed by atoms with van der Waals surface area (Å²) < 4.78 is 7.71. The molecule has 0 saturated carbocycles. The first-order chi connectivity index (χ1) is 15.0. The Morgan fingerprint density at radius 1 is 1.03 bits per heavy atom. The van der Waals surface area contributed by atoms with E-state index in [1.54, 1.807) is 0 Å². The van der Waals surface area contributed by atoms with Gasteiger partial charge >= 0.3 is 0 Å². The van der Waals surface area contributed by atoms with Gasteiger partial charge in [-0.25, -0.2) is 0 Å². The van der Waals surface area contributed by atoms with Crippen LogP contribution in [-0.4, -0.2) is 26.3 Å². The van der Waals surface area contributed by atoms with Crippen LogP contribution in [0.1, 0.15) is 15.9 Å². The van der Waals surface area contributed by atoms with Crippen molar-refractivity contribution in [2.24, 2.45) is 7.05 Å². The van der Waals surface area contributed by atoms with E-state index in [0.29, 0.717) is 21.6 Å². The predicted octanol–water partition coefficient (Wildman–Crippen LogP) is 6.32. The third-order valence-electron chi connectivity index (χ3n) is 5.23. The summed E-state index contributed by atoms with van der Waals surface area (Å²) >= 11 is 7.74. The number of halogens is 1. The van der Waals surface area contributed by atoms with Gasteiger partial charge in [0.1, 0.15) is 11.2 Å². The third kappa shape index (κ3) is 3.62. The van der Waals surface area contributed by atoms with E-state index >= 15 is 0 Å². The van der Waals surface area contributed by atoms with Gasteiger partial charge in [0.2, 0.25) is 0 Å². The summed E-state index contributed by atoms with van der Waals surface area (Å²) in [6, 6.07) is 19.2. The minimum atomic E-state index is 0.0232. The number of hydrogen-bond acceptors (Lipinski definition) is 5. The zero-order valence-electron chi connectivity index (χ0n) is 16.9. The number of carbonyl (C=O) groups is 1. The van der Waals surface area contributed by atoms with Crippen molar-refractivity contribution in [2.45, 2.75) is 12.1 Å². The van der Waals surface area contributed by atoms with E-state index in [2.05, 4.69) is 10.2 Å². The van der Waals surface area contributed by atoms with Crippen molar-refractivity contribution in [1.29, 1.82) is 0 Å². The molecule has 0 fully saturated rings. The Kier molecular flexibility index (Phi) is 5.04. The quantitative estimate of drug-likeness (QED) is 0.233. The Hall–Kier alpha value is -3.09. The number of thioether (sulfide) groups is 1. The van der Waals surface area contributed by atoms with Gasteiger partial charge in [-0.2, -0.15) is 0 Å². The van der Waals surface area contributed by atoms with Crippen molar-refractivity contribution in [1.82, 2.24) is 14.8 Å². The first-order valence-electron chi connectivity index (χ1n) is 9.74. The molecule has 0 unspecified atom stereocenters. The van der Waals surface area contributed by atoms with E-state index in [1.165, 1.54) is 11.8 Å². The second-order valence-electron chi connectivity index (χ2n) is 7.37. The lowest BCUT2D eigenvalue weighted by Crippen LogP contribution is -2.04. The summed E-state index contributed by atoms with van der Waals surface area (Å²) in [5, 5.41) is 11.8. The fraction of sp³-hybridized carbons (Fsp3) is 0.125. The molecule has 0 N–H and O–H groups in total. The van der Waals surface area contributed by atoms with Crippen molar-refractivity contribution in [3.63, 3.8) is 0 Å². The highest BCUT2D eigenvalue weighted by Crippen LogP contribution is 2.31. The Morgan fingerprint density at radius 2 is 1.84 bits per heavy atom. The number of Topliss-reactive ketones (excluding diaryl/α,β-unsaturated/α-hetero) is 1. The number of nitrogens with zero attached hydrogens (tertiary/aromatic N) is 3. The zero-order valence-corrected chi connectivity index (χ0v) is 18.5. The van der Waals surface area contributed by atoms with Gasteiger partial charge in [0.05, 0.1) is 10.8 Å². The molecule has 2 heterocycles. The molecule has 0 saturated heterocycles. The van der Waals surface area contributed by atoms with Crippen molar-refractivity contribution >= 4 is 51.1 Å². The molecule has 5 aromatic rings. The number of furan rings is 1. The number of ketones is 1. The van der Waals surface area contributed by atoms with Crippen LogP contribution >= 0.6 is 23.4 Å². The van der Waals surface area contributed by atoms with Crippen LogP contribution in [0.15, 0.2) is 70.2 Å². The topological polar surface area (TPSA) is 60.9 Å². The highest BCUT2D eigenvalue weighted by molar-refractivity contribution is 7.99. The highest BCUT2D eigenvalue weighted by atomic mass is 35.5. The van der Waals surface area contributed by atoms with E-state index < -0.39 is 0 Å². The van der Waals surface area contributed by atoms with Gasteiger partial charge < -0.3 is 8.98 Å². The monoisotopic (exact) mass is 447 g/mol. The molecule has 154 valence electrons. The zero-order chi connectivity index (χ0) is 21.5. The van der Waals surface area contributed by atoms with Crippen LogP contribution in [0.25, 0.3) is 33.3 Å². The molecule has 5 rings (SSSR count). The maximum Gasteiger partial charge on any atom is 0.191 e. The highest BCUT2D eigenvalue weighted by Gasteiger charge is 2.17. The number of rotatable bonds is 5. The van der Waals surface area contributed by atoms with Gasteiger partial charge in [0, 0.05) is 28.9 Å². The predicted molar refractivity (Wildman–Crippen MR) is 125 cm³/mol. The van der Waals surface area contributed by atoms with Crippen molar-refractivity contribution < 1.29 is 9.21 Å². The molecular weight excluding hydrogens is 430 g/mol. The van der Waals surface area contributed by atoms with Gasteiger partial charge in [-0.15, -0.1) is 10.2 Å². The van der Waals surface area contributed by atoms with E-state index in [9.17, 15) is 4.79 Å². The molecule has 5 nitrogen and oxygen atoms in total. The summed E-state index contributed by atoms with van der Waals surface area (Å²) in [4.78, 5) is 12.9. The van der Waals surface area contributed by atoms with Crippen LogP contribution in [0.2, 0.25) is 5.02 Å². The molecule has 0 aliphatic heterocycles. The van der Waals surface area contributed by atoms with E-state index in [0.717, 1.165) is 33.1 Å². The number of aryl methyl sites for hydroxylation is 1. The standard InChI is InChI=1S/C24H18ClN3O2S/c1-14-7-9-17(19(25)11-14)23-26-27-24(28(23)2)31-13-20(29)15-8-10-22-18(12-15)16-5-3-4-6-21(16)30-22/h3-12H,13H2,1-2H3. The lowest BCUT2D eigenvalue weighted by molar-refractivity contribution is 0.102. The molecule has 0 atom stereocenters. The molecule has 0 radical (unpaired) electrons. The van der Waals surface area contributed by atoms with Crippen LogP contribution in [0.3, 0.4) is 0 Å². The van der Waals surface area contributed by atoms with Crippen molar-refractivity contribution in [2.75, 3.05) is 5.75 Å². The molecule has 0 aliphatic carbocycles. The van der Waals surface area contributed by atoms with Crippen LogP contribution in [0, 0.1) is 6.92 Å². The summed E-state index contributed by atoms with van der Waals surface area (Å²) in [5.41, 5.74) is 4.14. The summed E-state index contributed by atoms with van der Waals surface area (Å²) in [5.74, 6) is 0.955. The number of benzene rings is 3. The van der Waals surface area contributed by atoms with Crippen molar-refractivity contribution in [3.8, 4) is 11.4 Å². The number of aromatic nitrogens is 3. The maximum atomic E-state index is 12.9. The average molecular weight is 448 g/mol. The molecule has 3 aromatic carbocycles. The number of hydrogen-bond donors (Lipinski definition) is 0. The molecule has 0 aliphatic rings. The van der Waals surface area contributed by atoms with E-state index in [1.807, 2.05) is 79.2 Å². The minimum Gasteiger partial charge on any atom is -0.456 e. The lowest BCUT2D eigenvalue weighted by Gasteiger charge is -2.06. The second-order valence-corrected chi connectivity index (χ2v) is 8.72. The maximum absolute atomic E-state index is 12.9. The number of para-hydroxylation sites is 1. The van der Waals surface area contributed by atoms with Gasteiger partial charge in [0.25, 0.3) is 0 Å². The molecule has 0 spiro atoms. The second kappa shape index (κ2) is 7.87. The van der Waals surface area contributed by atoms with Gasteiger partial charge in [-0.05, 0) is 48.9 Å². The lowest BCUT2D eigenvalue weighted by atomic mass is 10.1. The van der Waals surface area contributed by atoms with Crippen LogP contribution in [0.4, 0.5) is 0 Å². The average Bonchev–Trinajstić information content (AvgIpc) is 3.32. The molecule has 31 heavy (non-hydrogen) atoms. The number of fused-ring (bicyclic) bond motifs is 3. The Morgan fingerprint density at radius 3 is 2.68 bits per heavy atom. The van der Waals surface area contributed by atoms with Gasteiger partial charge in [-0.3, -0.25) is 4.79 Å². The molecule has 7 heteroatoms.